The molecule has 162 valence electrons. The van der Waals surface area contributed by atoms with Crippen LogP contribution in [0.4, 0.5) is 24.8 Å². The summed E-state index contributed by atoms with van der Waals surface area (Å²) in [5, 5.41) is 15.2. The molecule has 31 heavy (non-hydrogen) atoms. The molecular formula is C21H20ClF3N6. The SMILES string of the molecule is Cc1nc(-c2ccc(C(F)(F)F)cc2Cl)nc(NCCCNc2ccc(C#N)[nH]2)c1C. The lowest BCUT2D eigenvalue weighted by Crippen LogP contribution is -2.12. The average Bonchev–Trinajstić information content (AvgIpc) is 3.18. The normalized spacial score (nSPS) is 11.3. The predicted molar refractivity (Wildman–Crippen MR) is 114 cm³/mol. The third kappa shape index (κ3) is 5.47. The minimum absolute atomic E-state index is 0.0593. The van der Waals surface area contributed by atoms with Crippen LogP contribution in [0.25, 0.3) is 11.4 Å². The van der Waals surface area contributed by atoms with E-state index in [-0.39, 0.29) is 10.8 Å². The van der Waals surface area contributed by atoms with E-state index in [1.807, 2.05) is 19.9 Å². The fraction of sp³-hybridized carbons (Fsp3) is 0.286. The molecular weight excluding hydrogens is 429 g/mol. The Morgan fingerprint density at radius 1 is 1.10 bits per heavy atom. The Kier molecular flexibility index (Phi) is 6.71. The maximum Gasteiger partial charge on any atom is 0.416 e. The van der Waals surface area contributed by atoms with Crippen LogP contribution in [0.1, 0.15) is 28.9 Å². The van der Waals surface area contributed by atoms with Crippen molar-refractivity contribution in [3.8, 4) is 17.5 Å². The van der Waals surface area contributed by atoms with Crippen molar-refractivity contribution in [3.63, 3.8) is 0 Å². The van der Waals surface area contributed by atoms with Gasteiger partial charge < -0.3 is 15.6 Å². The smallest absolute Gasteiger partial charge is 0.372 e. The van der Waals surface area contributed by atoms with Crippen LogP contribution in [0, 0.1) is 25.2 Å². The Hall–Kier alpha value is -3.25. The number of nitrogens with one attached hydrogen (secondary N) is 3. The molecule has 0 aliphatic rings. The number of anilines is 2. The van der Waals surface area contributed by atoms with Gasteiger partial charge in [0.2, 0.25) is 0 Å². The number of hydrogen-bond donors (Lipinski definition) is 3. The van der Waals surface area contributed by atoms with E-state index in [1.54, 1.807) is 12.1 Å². The van der Waals surface area contributed by atoms with Crippen molar-refractivity contribution in [2.45, 2.75) is 26.4 Å². The molecule has 6 nitrogen and oxygen atoms in total. The first-order chi connectivity index (χ1) is 14.7. The highest BCUT2D eigenvalue weighted by molar-refractivity contribution is 6.33. The van der Waals surface area contributed by atoms with Crippen LogP contribution in [0.3, 0.4) is 0 Å². The molecule has 0 bridgehead atoms. The van der Waals surface area contributed by atoms with Gasteiger partial charge in [-0.2, -0.15) is 18.4 Å². The monoisotopic (exact) mass is 448 g/mol. The second kappa shape index (κ2) is 9.27. The van der Waals surface area contributed by atoms with Crippen LogP contribution < -0.4 is 10.6 Å². The zero-order valence-corrected chi connectivity index (χ0v) is 17.6. The van der Waals surface area contributed by atoms with Gasteiger partial charge in [-0.15, -0.1) is 0 Å². The molecule has 0 fully saturated rings. The van der Waals surface area contributed by atoms with Gasteiger partial charge in [-0.05, 0) is 50.6 Å². The van der Waals surface area contributed by atoms with Crippen LogP contribution in [0.15, 0.2) is 30.3 Å². The molecule has 2 aromatic heterocycles. The summed E-state index contributed by atoms with van der Waals surface area (Å²) >= 11 is 6.10. The van der Waals surface area contributed by atoms with E-state index < -0.39 is 11.7 Å². The molecule has 0 atom stereocenters. The number of aromatic nitrogens is 3. The van der Waals surface area contributed by atoms with Gasteiger partial charge in [0, 0.05) is 29.9 Å². The zero-order chi connectivity index (χ0) is 22.6. The molecule has 3 aromatic rings. The number of alkyl halides is 3. The van der Waals surface area contributed by atoms with Crippen molar-refractivity contribution in [2.75, 3.05) is 23.7 Å². The second-order valence-corrected chi connectivity index (χ2v) is 7.31. The highest BCUT2D eigenvalue weighted by Crippen LogP contribution is 2.35. The Morgan fingerprint density at radius 3 is 2.48 bits per heavy atom. The molecule has 0 radical (unpaired) electrons. The van der Waals surface area contributed by atoms with Gasteiger partial charge in [0.15, 0.2) is 5.82 Å². The van der Waals surface area contributed by atoms with Crippen LogP contribution in [-0.2, 0) is 6.18 Å². The van der Waals surface area contributed by atoms with Gasteiger partial charge >= 0.3 is 6.18 Å². The number of aromatic amines is 1. The predicted octanol–water partition coefficient (Wildman–Crippen LogP) is 5.55. The third-order valence-electron chi connectivity index (χ3n) is 4.69. The second-order valence-electron chi connectivity index (χ2n) is 6.90. The summed E-state index contributed by atoms with van der Waals surface area (Å²) in [5.41, 5.74) is 1.56. The molecule has 0 aliphatic heterocycles. The topological polar surface area (TPSA) is 89.4 Å². The summed E-state index contributed by atoms with van der Waals surface area (Å²) in [5.74, 6) is 1.63. The molecule has 0 spiro atoms. The van der Waals surface area contributed by atoms with Gasteiger partial charge in [-0.1, -0.05) is 11.6 Å². The number of H-pyrrole nitrogens is 1. The zero-order valence-electron chi connectivity index (χ0n) is 16.9. The first-order valence-corrected chi connectivity index (χ1v) is 9.86. The van der Waals surface area contributed by atoms with Crippen molar-refractivity contribution in [3.05, 3.63) is 57.9 Å². The van der Waals surface area contributed by atoms with Gasteiger partial charge in [-0.3, -0.25) is 0 Å². The quantitative estimate of drug-likeness (QED) is 0.412. The molecule has 10 heteroatoms. The first-order valence-electron chi connectivity index (χ1n) is 9.48. The van der Waals surface area contributed by atoms with Crippen LogP contribution >= 0.6 is 11.6 Å². The fourth-order valence-corrected chi connectivity index (χ4v) is 3.14. The molecule has 2 heterocycles. The summed E-state index contributed by atoms with van der Waals surface area (Å²) in [6, 6.07) is 8.66. The lowest BCUT2D eigenvalue weighted by Gasteiger charge is -2.14. The van der Waals surface area contributed by atoms with Gasteiger partial charge in [0.1, 0.15) is 23.4 Å². The lowest BCUT2D eigenvalue weighted by molar-refractivity contribution is -0.137. The molecule has 0 amide bonds. The van der Waals surface area contributed by atoms with Crippen LogP contribution in [0.5, 0.6) is 0 Å². The maximum absolute atomic E-state index is 12.9. The van der Waals surface area contributed by atoms with E-state index in [2.05, 4.69) is 25.6 Å². The molecule has 3 rings (SSSR count). The summed E-state index contributed by atoms with van der Waals surface area (Å²) in [6.45, 7) is 4.95. The standard InChI is InChI=1S/C21H20ClF3N6/c1-12-13(2)29-20(16-6-4-14(10-17(16)22)21(23,24)25)31-19(12)28-9-3-8-27-18-7-5-15(11-26)30-18/h4-7,10,27,30H,3,8-9H2,1-2H3,(H,28,29,31). The van der Waals surface area contributed by atoms with Crippen molar-refractivity contribution < 1.29 is 13.2 Å². The van der Waals surface area contributed by atoms with E-state index in [0.717, 1.165) is 29.9 Å². The average molecular weight is 449 g/mol. The van der Waals surface area contributed by atoms with Gasteiger partial charge in [0.05, 0.1) is 10.6 Å². The molecule has 0 aliphatic carbocycles. The molecule has 0 unspecified atom stereocenters. The minimum Gasteiger partial charge on any atom is -0.372 e. The Labute approximate surface area is 182 Å². The number of aryl methyl sites for hydroxylation is 1. The molecule has 3 N–H and O–H groups in total. The van der Waals surface area contributed by atoms with Crippen LogP contribution in [-0.4, -0.2) is 28.0 Å². The highest BCUT2D eigenvalue weighted by atomic mass is 35.5. The first kappa shape index (κ1) is 22.4. The van der Waals surface area contributed by atoms with Crippen LogP contribution in [0.2, 0.25) is 5.02 Å². The largest absolute Gasteiger partial charge is 0.416 e. The van der Waals surface area contributed by atoms with Crippen molar-refractivity contribution >= 4 is 23.2 Å². The van der Waals surface area contributed by atoms with Gasteiger partial charge in [-0.25, -0.2) is 9.97 Å². The van der Waals surface area contributed by atoms with Crippen molar-refractivity contribution in [1.82, 2.24) is 15.0 Å². The number of halogens is 4. The van der Waals surface area contributed by atoms with E-state index >= 15 is 0 Å². The summed E-state index contributed by atoms with van der Waals surface area (Å²) < 4.78 is 38.7. The van der Waals surface area contributed by atoms with E-state index in [4.69, 9.17) is 16.9 Å². The lowest BCUT2D eigenvalue weighted by atomic mass is 10.1. The number of nitriles is 1. The Morgan fingerprint density at radius 2 is 1.84 bits per heavy atom. The number of benzene rings is 1. The third-order valence-corrected chi connectivity index (χ3v) is 5.01. The fourth-order valence-electron chi connectivity index (χ4n) is 2.88. The highest BCUT2D eigenvalue weighted by Gasteiger charge is 2.31. The van der Waals surface area contributed by atoms with Crippen molar-refractivity contribution in [2.24, 2.45) is 0 Å². The number of nitrogens with zero attached hydrogens (tertiary/aromatic N) is 3. The van der Waals surface area contributed by atoms with E-state index in [9.17, 15) is 13.2 Å². The summed E-state index contributed by atoms with van der Waals surface area (Å²) in [6.07, 6.45) is -3.71. The van der Waals surface area contributed by atoms with E-state index in [1.165, 1.54) is 6.07 Å². The maximum atomic E-state index is 12.9. The Balaban J connectivity index is 1.67. The summed E-state index contributed by atoms with van der Waals surface area (Å²) in [7, 11) is 0. The molecule has 1 aromatic carbocycles. The Bertz CT molecular complexity index is 1120. The van der Waals surface area contributed by atoms with Crippen molar-refractivity contribution in [1.29, 1.82) is 5.26 Å². The number of rotatable bonds is 7. The molecule has 0 saturated carbocycles. The van der Waals surface area contributed by atoms with E-state index in [0.29, 0.717) is 35.9 Å². The minimum atomic E-state index is -4.47. The summed E-state index contributed by atoms with van der Waals surface area (Å²) in [4.78, 5) is 11.8. The van der Waals surface area contributed by atoms with Gasteiger partial charge in [0.25, 0.3) is 0 Å². The molecule has 0 saturated heterocycles. The number of hydrogen-bond acceptors (Lipinski definition) is 5.